The molecule has 0 aliphatic rings. The molecule has 0 saturated heterocycles. The molecule has 0 unspecified atom stereocenters. The van der Waals surface area contributed by atoms with E-state index in [1.165, 1.54) is 6.38 Å². The summed E-state index contributed by atoms with van der Waals surface area (Å²) in [6.07, 6.45) is 1.72. The van der Waals surface area contributed by atoms with Gasteiger partial charge in [0.25, 0.3) is 0 Å². The van der Waals surface area contributed by atoms with Gasteiger partial charge in [-0.1, -0.05) is 0 Å². The van der Waals surface area contributed by atoms with E-state index in [9.17, 15) is 0 Å². The third kappa shape index (κ3) is 202. The summed E-state index contributed by atoms with van der Waals surface area (Å²) < 4.78 is 0. The molecule has 0 heterocycles. The van der Waals surface area contributed by atoms with Gasteiger partial charge in [0.1, 0.15) is 0 Å². The van der Waals surface area contributed by atoms with Gasteiger partial charge in [0, 0.05) is 6.38 Å². The zero-order valence-electron chi connectivity index (χ0n) is 2.94. The summed E-state index contributed by atoms with van der Waals surface area (Å²) in [4.78, 5) is 8.58. The Labute approximate surface area is 35.9 Å². The van der Waals surface area contributed by atoms with E-state index >= 15 is 0 Å². The fourth-order valence-electron chi connectivity index (χ4n) is 0. The van der Waals surface area contributed by atoms with Gasteiger partial charge in [0.2, 0.25) is 6.41 Å². The van der Waals surface area contributed by atoms with Crippen molar-refractivity contribution in [2.24, 2.45) is 5.73 Å². The van der Waals surface area contributed by atoms with E-state index in [1.54, 1.807) is 0 Å². The highest BCUT2D eigenvalue weighted by molar-refractivity contribution is 6.15. The number of nitrogens with two attached hydrogens (primary N) is 1. The van der Waals surface area contributed by atoms with Gasteiger partial charge >= 0.3 is 0 Å². The highest BCUT2D eigenvalue weighted by Crippen LogP contribution is 1.34. The van der Waals surface area contributed by atoms with Crippen molar-refractivity contribution in [3.05, 3.63) is 0 Å². The zero-order chi connectivity index (χ0) is 4.71. The smallest absolute Gasteiger partial charge is 0.204 e. The number of halogens is 1. The van der Waals surface area contributed by atoms with Gasteiger partial charge < -0.3 is 5.73 Å². The fraction of sp³-hybridized carbons (Fsp3) is 0.500. The standard InChI is InChI=1S/CH3Cl.CH3NO/c1-2;2-1-3/h1H3;1H,(H2,2,3). The maximum atomic E-state index is 8.58. The molecule has 0 saturated carbocycles. The van der Waals surface area contributed by atoms with Crippen molar-refractivity contribution in [2.75, 3.05) is 6.38 Å². The summed E-state index contributed by atoms with van der Waals surface area (Å²) in [6, 6.07) is 0. The number of hydrogen-bond donors (Lipinski definition) is 1. The van der Waals surface area contributed by atoms with Gasteiger partial charge in [-0.15, -0.1) is 11.6 Å². The quantitative estimate of drug-likeness (QED) is 0.333. The Kier molecular flexibility index (Phi) is 87.6. The molecular formula is C2H6ClNO. The number of rotatable bonds is 0. The first kappa shape index (κ1) is 8.83. The Balaban J connectivity index is 0. The van der Waals surface area contributed by atoms with Crippen molar-refractivity contribution in [3.8, 4) is 0 Å². The molecule has 0 rings (SSSR count). The van der Waals surface area contributed by atoms with Crippen molar-refractivity contribution in [1.29, 1.82) is 0 Å². The molecule has 2 N–H and O–H groups in total. The van der Waals surface area contributed by atoms with Crippen molar-refractivity contribution in [1.82, 2.24) is 0 Å². The van der Waals surface area contributed by atoms with Crippen LogP contribution in [-0.4, -0.2) is 12.8 Å². The Bertz CT molecular complexity index is 17.1. The van der Waals surface area contributed by atoms with Gasteiger partial charge in [-0.3, -0.25) is 4.79 Å². The summed E-state index contributed by atoms with van der Waals surface area (Å²) >= 11 is 4.64. The van der Waals surface area contributed by atoms with E-state index in [4.69, 9.17) is 4.79 Å². The Morgan fingerprint density at radius 2 is 1.80 bits per heavy atom. The molecule has 0 aromatic carbocycles. The minimum Gasteiger partial charge on any atom is -0.372 e. The fourth-order valence-corrected chi connectivity index (χ4v) is 0. The van der Waals surface area contributed by atoms with E-state index in [2.05, 4.69) is 17.3 Å². The maximum Gasteiger partial charge on any atom is 0.204 e. The van der Waals surface area contributed by atoms with Crippen LogP contribution in [0.15, 0.2) is 0 Å². The van der Waals surface area contributed by atoms with E-state index < -0.39 is 0 Å². The van der Waals surface area contributed by atoms with Crippen LogP contribution < -0.4 is 5.73 Å². The van der Waals surface area contributed by atoms with Crippen molar-refractivity contribution in [3.63, 3.8) is 0 Å². The first-order chi connectivity index (χ1) is 2.41. The monoisotopic (exact) mass is 95.0 g/mol. The highest BCUT2D eigenvalue weighted by Gasteiger charge is 1.19. The number of hydrogen-bond acceptors (Lipinski definition) is 1. The lowest BCUT2D eigenvalue weighted by Gasteiger charge is -1.32. The minimum atomic E-state index is 0.250. The molecule has 32 valence electrons. The molecule has 0 aromatic rings. The predicted molar refractivity (Wildman–Crippen MR) is 22.0 cm³/mol. The normalized spacial score (nSPS) is 3.60. The Morgan fingerprint density at radius 1 is 1.80 bits per heavy atom. The van der Waals surface area contributed by atoms with Gasteiger partial charge in [-0.25, -0.2) is 0 Å². The molecule has 0 atom stereocenters. The van der Waals surface area contributed by atoms with E-state index in [-0.39, 0.29) is 6.41 Å². The summed E-state index contributed by atoms with van der Waals surface area (Å²) in [6.45, 7) is 0. The molecule has 0 aromatic heterocycles. The van der Waals surface area contributed by atoms with Crippen LogP contribution in [0.2, 0.25) is 0 Å². The van der Waals surface area contributed by atoms with E-state index in [1.807, 2.05) is 0 Å². The van der Waals surface area contributed by atoms with E-state index in [0.717, 1.165) is 0 Å². The second kappa shape index (κ2) is 49.6. The first-order valence-corrected chi connectivity index (χ1v) is 1.70. The van der Waals surface area contributed by atoms with Crippen LogP contribution in [0.3, 0.4) is 0 Å². The van der Waals surface area contributed by atoms with Crippen molar-refractivity contribution < 1.29 is 4.79 Å². The molecule has 0 bridgehead atoms. The zero-order valence-corrected chi connectivity index (χ0v) is 3.70. The Hall–Kier alpha value is -0.240. The second-order valence-corrected chi connectivity index (χ2v) is 0.136. The van der Waals surface area contributed by atoms with Crippen LogP contribution in [0, 0.1) is 0 Å². The largest absolute Gasteiger partial charge is 0.372 e. The van der Waals surface area contributed by atoms with Crippen LogP contribution in [0.4, 0.5) is 0 Å². The number of amides is 1. The summed E-state index contributed by atoms with van der Waals surface area (Å²) in [5.74, 6) is 0. The number of alkyl halides is 1. The molecule has 2 nitrogen and oxygen atoms in total. The molecule has 3 heteroatoms. The minimum absolute atomic E-state index is 0.250. The molecule has 0 radical (unpaired) electrons. The van der Waals surface area contributed by atoms with Crippen molar-refractivity contribution >= 4 is 18.0 Å². The third-order valence-corrected chi connectivity index (χ3v) is 0. The van der Waals surface area contributed by atoms with Crippen LogP contribution >= 0.6 is 11.6 Å². The van der Waals surface area contributed by atoms with Crippen LogP contribution in [0.5, 0.6) is 0 Å². The van der Waals surface area contributed by atoms with Crippen molar-refractivity contribution in [2.45, 2.75) is 0 Å². The summed E-state index contributed by atoms with van der Waals surface area (Å²) in [5, 5.41) is 0. The highest BCUT2D eigenvalue weighted by atomic mass is 35.5. The number of carbonyl (C=O) groups is 1. The SMILES string of the molecule is CCl.NC=O. The average Bonchev–Trinajstić information content (AvgIpc) is 1.46. The molecule has 0 aliphatic heterocycles. The molecule has 5 heavy (non-hydrogen) atoms. The molecule has 0 aliphatic carbocycles. The van der Waals surface area contributed by atoms with Gasteiger partial charge in [0.05, 0.1) is 0 Å². The maximum absolute atomic E-state index is 8.58. The topological polar surface area (TPSA) is 43.1 Å². The molecule has 0 spiro atoms. The van der Waals surface area contributed by atoms with Crippen LogP contribution in [0.25, 0.3) is 0 Å². The lowest BCUT2D eigenvalue weighted by molar-refractivity contribution is -0.106. The third-order valence-electron chi connectivity index (χ3n) is 0. The van der Waals surface area contributed by atoms with E-state index in [0.29, 0.717) is 0 Å². The molecule has 0 fully saturated rings. The van der Waals surface area contributed by atoms with Gasteiger partial charge in [-0.2, -0.15) is 0 Å². The van der Waals surface area contributed by atoms with Crippen LogP contribution in [0.1, 0.15) is 0 Å². The van der Waals surface area contributed by atoms with Crippen LogP contribution in [-0.2, 0) is 4.79 Å². The second-order valence-electron chi connectivity index (χ2n) is 0.136. The lowest BCUT2D eigenvalue weighted by Crippen LogP contribution is -1.82. The molecular weight excluding hydrogens is 89.5 g/mol. The predicted octanol–water partition coefficient (Wildman–Crippen LogP) is -0.0435. The summed E-state index contributed by atoms with van der Waals surface area (Å²) in [5.41, 5.74) is 4.17. The number of primary amides is 1. The number of carbonyl (C=O) groups excluding carboxylic acids is 1. The average molecular weight is 95.5 g/mol. The lowest BCUT2D eigenvalue weighted by atomic mass is 11.5. The van der Waals surface area contributed by atoms with Gasteiger partial charge in [0.15, 0.2) is 0 Å². The van der Waals surface area contributed by atoms with Gasteiger partial charge in [-0.05, 0) is 0 Å². The first-order valence-electron chi connectivity index (χ1n) is 0.947. The summed E-state index contributed by atoms with van der Waals surface area (Å²) in [7, 11) is 0. The Morgan fingerprint density at radius 3 is 1.80 bits per heavy atom. The molecule has 1 amide bonds.